The summed E-state index contributed by atoms with van der Waals surface area (Å²) in [7, 11) is -3.10. The molecule has 2 heterocycles. The van der Waals surface area contributed by atoms with Crippen LogP contribution in [0.4, 0.5) is 0 Å². The van der Waals surface area contributed by atoms with Crippen LogP contribution >= 0.6 is 0 Å². The normalized spacial score (nSPS) is 24.0. The maximum atomic E-state index is 12.6. The molecule has 112 valence electrons. The Labute approximate surface area is 120 Å². The van der Waals surface area contributed by atoms with Crippen LogP contribution in [0.15, 0.2) is 16.9 Å². The molecular weight excluding hydrogens is 276 g/mol. The lowest BCUT2D eigenvalue weighted by Gasteiger charge is -2.34. The second-order valence-electron chi connectivity index (χ2n) is 5.85. The van der Waals surface area contributed by atoms with Crippen molar-refractivity contribution in [2.24, 2.45) is 0 Å². The first-order chi connectivity index (χ1) is 9.68. The largest absolute Gasteiger partial charge is 0.449 e. The molecule has 1 aromatic rings. The molecule has 1 aromatic heterocycles. The van der Waals surface area contributed by atoms with Crippen molar-refractivity contribution < 1.29 is 12.8 Å². The molecule has 3 rings (SSSR count). The minimum Gasteiger partial charge on any atom is -0.449 e. The zero-order valence-corrected chi connectivity index (χ0v) is 12.5. The third-order valence-corrected chi connectivity index (χ3v) is 6.99. The smallest absolute Gasteiger partial charge is 0.216 e. The molecule has 2 aliphatic rings. The topological polar surface area (TPSA) is 63.4 Å². The fourth-order valence-electron chi connectivity index (χ4n) is 3.37. The van der Waals surface area contributed by atoms with E-state index in [-0.39, 0.29) is 11.2 Å². The number of oxazole rings is 1. The van der Waals surface area contributed by atoms with Crippen LogP contribution in [0.2, 0.25) is 0 Å². The van der Waals surface area contributed by atoms with Crippen LogP contribution in [0.25, 0.3) is 0 Å². The zero-order valence-electron chi connectivity index (χ0n) is 11.7. The number of hydrogen-bond acceptors (Lipinski definition) is 4. The summed E-state index contributed by atoms with van der Waals surface area (Å²) in [5.41, 5.74) is 0. The van der Waals surface area contributed by atoms with E-state index >= 15 is 0 Å². The standard InChI is InChI=1S/C14H22N2O3S/c17-20(18,13-4-2-1-3-5-13)16-9-6-12(7-10-16)14-15-8-11-19-14/h8,11-13H,1-7,9-10H2. The van der Waals surface area contributed by atoms with E-state index in [1.807, 2.05) is 0 Å². The summed E-state index contributed by atoms with van der Waals surface area (Å²) in [6.07, 6.45) is 9.81. The quantitative estimate of drug-likeness (QED) is 0.860. The molecule has 1 saturated heterocycles. The summed E-state index contributed by atoms with van der Waals surface area (Å²) in [5, 5.41) is -0.144. The Kier molecular flexibility index (Phi) is 4.12. The van der Waals surface area contributed by atoms with Crippen molar-refractivity contribution in [3.8, 4) is 0 Å². The fourth-order valence-corrected chi connectivity index (χ4v) is 5.44. The van der Waals surface area contributed by atoms with E-state index in [9.17, 15) is 8.42 Å². The second kappa shape index (κ2) is 5.85. The average Bonchev–Trinajstić information content (AvgIpc) is 3.02. The Morgan fingerprint density at radius 2 is 1.80 bits per heavy atom. The fraction of sp³-hybridized carbons (Fsp3) is 0.786. The van der Waals surface area contributed by atoms with Gasteiger partial charge in [0.1, 0.15) is 6.26 Å². The summed E-state index contributed by atoms with van der Waals surface area (Å²) >= 11 is 0. The lowest BCUT2D eigenvalue weighted by molar-refractivity contribution is 0.285. The first kappa shape index (κ1) is 14.1. The first-order valence-electron chi connectivity index (χ1n) is 7.56. The Morgan fingerprint density at radius 3 is 2.40 bits per heavy atom. The number of piperidine rings is 1. The van der Waals surface area contributed by atoms with Gasteiger partial charge in [-0.3, -0.25) is 0 Å². The van der Waals surface area contributed by atoms with Crippen molar-refractivity contribution >= 4 is 10.0 Å². The van der Waals surface area contributed by atoms with E-state index in [0.29, 0.717) is 13.1 Å². The van der Waals surface area contributed by atoms with Gasteiger partial charge in [0.05, 0.1) is 11.4 Å². The summed E-state index contributed by atoms with van der Waals surface area (Å²) in [6, 6.07) is 0. The minimum atomic E-state index is -3.10. The summed E-state index contributed by atoms with van der Waals surface area (Å²) < 4.78 is 32.3. The molecule has 0 radical (unpaired) electrons. The van der Waals surface area contributed by atoms with Crippen molar-refractivity contribution in [2.75, 3.05) is 13.1 Å². The lowest BCUT2D eigenvalue weighted by Crippen LogP contribution is -2.43. The van der Waals surface area contributed by atoms with Crippen LogP contribution in [0.1, 0.15) is 56.8 Å². The van der Waals surface area contributed by atoms with Gasteiger partial charge in [-0.25, -0.2) is 17.7 Å². The van der Waals surface area contributed by atoms with Gasteiger partial charge in [-0.1, -0.05) is 19.3 Å². The molecule has 1 saturated carbocycles. The second-order valence-corrected chi connectivity index (χ2v) is 8.06. The van der Waals surface area contributed by atoms with Gasteiger partial charge in [-0.05, 0) is 25.7 Å². The van der Waals surface area contributed by atoms with Gasteiger partial charge in [0.25, 0.3) is 0 Å². The number of rotatable bonds is 3. The molecule has 1 aliphatic carbocycles. The van der Waals surface area contributed by atoms with Gasteiger partial charge < -0.3 is 4.42 Å². The van der Waals surface area contributed by atoms with Gasteiger partial charge in [-0.2, -0.15) is 0 Å². The molecule has 0 aromatic carbocycles. The van der Waals surface area contributed by atoms with Crippen molar-refractivity contribution in [2.45, 2.75) is 56.1 Å². The number of hydrogen-bond donors (Lipinski definition) is 0. The highest BCUT2D eigenvalue weighted by Gasteiger charge is 2.36. The van der Waals surface area contributed by atoms with E-state index in [4.69, 9.17) is 4.42 Å². The molecule has 5 nitrogen and oxygen atoms in total. The van der Waals surface area contributed by atoms with Crippen LogP contribution in [-0.4, -0.2) is 36.0 Å². The SMILES string of the molecule is O=S(=O)(C1CCCCC1)N1CCC(c2ncco2)CC1. The van der Waals surface area contributed by atoms with Crippen LogP contribution in [0, 0.1) is 0 Å². The molecule has 2 fully saturated rings. The predicted octanol–water partition coefficient (Wildman–Crippen LogP) is 2.52. The highest BCUT2D eigenvalue weighted by atomic mass is 32.2. The highest BCUT2D eigenvalue weighted by Crippen LogP contribution is 2.32. The van der Waals surface area contributed by atoms with Crippen LogP contribution in [-0.2, 0) is 10.0 Å². The Morgan fingerprint density at radius 1 is 1.10 bits per heavy atom. The number of nitrogens with zero attached hydrogens (tertiary/aromatic N) is 2. The minimum absolute atomic E-state index is 0.144. The monoisotopic (exact) mass is 298 g/mol. The van der Waals surface area contributed by atoms with Crippen LogP contribution in [0.3, 0.4) is 0 Å². The molecule has 6 heteroatoms. The van der Waals surface area contributed by atoms with Crippen molar-refractivity contribution in [3.05, 3.63) is 18.4 Å². The van der Waals surface area contributed by atoms with Gasteiger partial charge in [0, 0.05) is 19.0 Å². The van der Waals surface area contributed by atoms with Gasteiger partial charge in [0.2, 0.25) is 10.0 Å². The molecule has 1 aliphatic heterocycles. The number of aromatic nitrogens is 1. The maximum absolute atomic E-state index is 12.6. The molecule has 0 unspecified atom stereocenters. The molecule has 0 bridgehead atoms. The van der Waals surface area contributed by atoms with Crippen molar-refractivity contribution in [1.29, 1.82) is 0 Å². The van der Waals surface area contributed by atoms with E-state index in [0.717, 1.165) is 44.4 Å². The van der Waals surface area contributed by atoms with Crippen LogP contribution < -0.4 is 0 Å². The van der Waals surface area contributed by atoms with Gasteiger partial charge in [0.15, 0.2) is 5.89 Å². The molecule has 0 atom stereocenters. The lowest BCUT2D eigenvalue weighted by atomic mass is 9.98. The average molecular weight is 298 g/mol. The van der Waals surface area contributed by atoms with E-state index in [2.05, 4.69) is 4.98 Å². The van der Waals surface area contributed by atoms with Crippen molar-refractivity contribution in [1.82, 2.24) is 9.29 Å². The van der Waals surface area contributed by atoms with Gasteiger partial charge >= 0.3 is 0 Å². The van der Waals surface area contributed by atoms with Crippen LogP contribution in [0.5, 0.6) is 0 Å². The molecule has 20 heavy (non-hydrogen) atoms. The molecular formula is C14H22N2O3S. The third kappa shape index (κ3) is 2.76. The highest BCUT2D eigenvalue weighted by molar-refractivity contribution is 7.89. The zero-order chi connectivity index (χ0) is 14.0. The molecule has 0 amide bonds. The van der Waals surface area contributed by atoms with Crippen molar-refractivity contribution in [3.63, 3.8) is 0 Å². The predicted molar refractivity (Wildman–Crippen MR) is 75.8 cm³/mol. The Hall–Kier alpha value is -0.880. The number of sulfonamides is 1. The van der Waals surface area contributed by atoms with E-state index in [1.54, 1.807) is 16.8 Å². The van der Waals surface area contributed by atoms with E-state index < -0.39 is 10.0 Å². The summed E-state index contributed by atoms with van der Waals surface area (Å²) in [6.45, 7) is 1.21. The molecule has 0 N–H and O–H groups in total. The Balaban J connectivity index is 1.62. The third-order valence-electron chi connectivity index (χ3n) is 4.59. The first-order valence-corrected chi connectivity index (χ1v) is 9.06. The maximum Gasteiger partial charge on any atom is 0.216 e. The van der Waals surface area contributed by atoms with Gasteiger partial charge in [-0.15, -0.1) is 0 Å². The molecule has 0 spiro atoms. The van der Waals surface area contributed by atoms with E-state index in [1.165, 1.54) is 6.42 Å². The summed E-state index contributed by atoms with van der Waals surface area (Å²) in [4.78, 5) is 4.18. The summed E-state index contributed by atoms with van der Waals surface area (Å²) in [5.74, 6) is 1.02. The Bertz CT molecular complexity index is 513.